The molecule has 1 N–H and O–H groups in total. The summed E-state index contributed by atoms with van der Waals surface area (Å²) >= 11 is 0. The Kier molecular flexibility index (Phi) is 2.45. The van der Waals surface area contributed by atoms with Gasteiger partial charge in [-0.15, -0.1) is 0 Å². The minimum atomic E-state index is -0.798. The lowest BCUT2D eigenvalue weighted by molar-refractivity contribution is -0.140. The monoisotopic (exact) mass is 250 g/mol. The van der Waals surface area contributed by atoms with E-state index in [1.165, 1.54) is 0 Å². The van der Waals surface area contributed by atoms with Crippen molar-refractivity contribution in [3.05, 3.63) is 23.3 Å². The number of aliphatic carboxylic acids is 1. The Bertz CT molecular complexity index is 504. The van der Waals surface area contributed by atoms with Gasteiger partial charge in [0, 0.05) is 11.1 Å². The molecule has 1 heterocycles. The summed E-state index contributed by atoms with van der Waals surface area (Å²) in [6.45, 7) is 0.672. The summed E-state index contributed by atoms with van der Waals surface area (Å²) in [6.07, 6.45) is 1.29. The molecule has 1 fully saturated rings. The van der Waals surface area contributed by atoms with Crippen molar-refractivity contribution in [1.82, 2.24) is 0 Å². The number of carbonyl (C=O) groups is 1. The van der Waals surface area contributed by atoms with E-state index in [2.05, 4.69) is 0 Å². The molecule has 0 aromatic heterocycles. The Hall–Kier alpha value is -1.75. The van der Waals surface area contributed by atoms with Crippen LogP contribution in [0.4, 0.5) is 0 Å². The lowest BCUT2D eigenvalue weighted by atomic mass is 9.93. The predicted molar refractivity (Wildman–Crippen MR) is 61.8 cm³/mol. The van der Waals surface area contributed by atoms with Crippen LogP contribution in [-0.4, -0.2) is 25.0 Å². The van der Waals surface area contributed by atoms with Crippen molar-refractivity contribution in [3.63, 3.8) is 0 Å². The minimum absolute atomic E-state index is 0.207. The van der Waals surface area contributed by atoms with E-state index in [4.69, 9.17) is 14.2 Å². The number of fused-ring (bicyclic) bond motifs is 1. The van der Waals surface area contributed by atoms with Crippen LogP contribution in [0.1, 0.15) is 24.0 Å². The van der Waals surface area contributed by atoms with Crippen LogP contribution in [0.2, 0.25) is 0 Å². The molecule has 5 heteroatoms. The number of carboxylic acid groups (broad SMARTS) is 1. The third-order valence-electron chi connectivity index (χ3n) is 3.61. The second-order valence-electron chi connectivity index (χ2n) is 4.66. The van der Waals surface area contributed by atoms with Crippen LogP contribution in [0.3, 0.4) is 0 Å². The number of carboxylic acids is 1. The normalized spacial score (nSPS) is 19.6. The lowest BCUT2D eigenvalue weighted by Gasteiger charge is -2.22. The van der Waals surface area contributed by atoms with E-state index in [-0.39, 0.29) is 6.79 Å². The van der Waals surface area contributed by atoms with Gasteiger partial charge in [-0.2, -0.15) is 0 Å². The smallest absolute Gasteiger partial charge is 0.314 e. The maximum atomic E-state index is 11.4. The van der Waals surface area contributed by atoms with Crippen LogP contribution < -0.4 is 9.47 Å². The van der Waals surface area contributed by atoms with Gasteiger partial charge in [0.05, 0.1) is 19.1 Å². The average Bonchev–Trinajstić information content (AvgIpc) is 3.18. The molecule has 1 saturated carbocycles. The Labute approximate surface area is 104 Å². The van der Waals surface area contributed by atoms with E-state index in [0.29, 0.717) is 36.5 Å². The van der Waals surface area contributed by atoms with Gasteiger partial charge in [-0.3, -0.25) is 4.79 Å². The first-order valence-electron chi connectivity index (χ1n) is 5.83. The molecular formula is C13H14O5. The highest BCUT2D eigenvalue weighted by Gasteiger charge is 2.53. The molecule has 0 saturated heterocycles. The van der Waals surface area contributed by atoms with Crippen LogP contribution in [0.5, 0.6) is 11.5 Å². The summed E-state index contributed by atoms with van der Waals surface area (Å²) in [5.74, 6) is 0.500. The summed E-state index contributed by atoms with van der Waals surface area (Å²) in [6, 6.07) is 3.60. The Morgan fingerprint density at radius 1 is 1.44 bits per heavy atom. The second-order valence-corrected chi connectivity index (χ2v) is 4.66. The molecule has 0 atom stereocenters. The maximum Gasteiger partial charge on any atom is 0.314 e. The fraction of sp³-hybridized carbons (Fsp3) is 0.462. The molecular weight excluding hydrogens is 236 g/mol. The van der Waals surface area contributed by atoms with Crippen LogP contribution in [0, 0.1) is 0 Å². The van der Waals surface area contributed by atoms with Gasteiger partial charge < -0.3 is 19.3 Å². The van der Waals surface area contributed by atoms with E-state index >= 15 is 0 Å². The predicted octanol–water partition coefficient (Wildman–Crippen LogP) is 1.68. The van der Waals surface area contributed by atoms with Crippen molar-refractivity contribution in [2.24, 2.45) is 0 Å². The van der Waals surface area contributed by atoms with Gasteiger partial charge in [0.2, 0.25) is 0 Å². The molecule has 18 heavy (non-hydrogen) atoms. The Balaban J connectivity index is 2.11. The molecule has 0 bridgehead atoms. The molecule has 1 aliphatic heterocycles. The fourth-order valence-corrected chi connectivity index (χ4v) is 2.37. The highest BCUT2D eigenvalue weighted by atomic mass is 16.7. The third kappa shape index (κ3) is 1.54. The molecule has 5 nitrogen and oxygen atoms in total. The van der Waals surface area contributed by atoms with E-state index in [9.17, 15) is 9.90 Å². The molecule has 1 aromatic carbocycles. The molecule has 1 aromatic rings. The zero-order valence-electron chi connectivity index (χ0n) is 10.1. The van der Waals surface area contributed by atoms with Gasteiger partial charge in [-0.1, -0.05) is 0 Å². The summed E-state index contributed by atoms with van der Waals surface area (Å²) in [4.78, 5) is 11.4. The third-order valence-corrected chi connectivity index (χ3v) is 3.61. The van der Waals surface area contributed by atoms with Crippen molar-refractivity contribution in [3.8, 4) is 11.5 Å². The Morgan fingerprint density at radius 2 is 2.22 bits per heavy atom. The number of ether oxygens (including phenoxy) is 3. The lowest BCUT2D eigenvalue weighted by Crippen LogP contribution is -2.21. The van der Waals surface area contributed by atoms with E-state index in [1.54, 1.807) is 13.2 Å². The first kappa shape index (κ1) is 11.3. The van der Waals surface area contributed by atoms with Gasteiger partial charge >= 0.3 is 5.97 Å². The summed E-state index contributed by atoms with van der Waals surface area (Å²) < 4.78 is 15.9. The number of hydrogen-bond acceptors (Lipinski definition) is 4. The topological polar surface area (TPSA) is 65.0 Å². The van der Waals surface area contributed by atoms with Crippen molar-refractivity contribution in [1.29, 1.82) is 0 Å². The van der Waals surface area contributed by atoms with Crippen molar-refractivity contribution in [2.45, 2.75) is 24.9 Å². The quantitative estimate of drug-likeness (QED) is 0.884. The minimum Gasteiger partial charge on any atom is -0.496 e. The first-order chi connectivity index (χ1) is 8.67. The molecule has 0 radical (unpaired) electrons. The van der Waals surface area contributed by atoms with Crippen molar-refractivity contribution < 1.29 is 24.1 Å². The number of rotatable bonds is 3. The standard InChI is InChI=1S/C13H14O5/c1-16-11-4-8-6-17-7-18-10(8)5-9(11)13(2-3-13)12(14)15/h4-5H,2-3,6-7H2,1H3,(H,14,15). The molecule has 2 aliphatic rings. The number of hydrogen-bond donors (Lipinski definition) is 1. The fourth-order valence-electron chi connectivity index (χ4n) is 2.37. The van der Waals surface area contributed by atoms with Gasteiger partial charge in [0.15, 0.2) is 6.79 Å². The van der Waals surface area contributed by atoms with E-state index < -0.39 is 11.4 Å². The Morgan fingerprint density at radius 3 is 2.83 bits per heavy atom. The van der Waals surface area contributed by atoms with Crippen molar-refractivity contribution >= 4 is 5.97 Å². The second kappa shape index (κ2) is 3.88. The average molecular weight is 250 g/mol. The highest BCUT2D eigenvalue weighted by molar-refractivity contribution is 5.86. The van der Waals surface area contributed by atoms with Crippen LogP contribution >= 0.6 is 0 Å². The van der Waals surface area contributed by atoms with Crippen LogP contribution in [0.15, 0.2) is 12.1 Å². The number of benzene rings is 1. The van der Waals surface area contributed by atoms with Crippen LogP contribution in [0.25, 0.3) is 0 Å². The molecule has 0 unspecified atom stereocenters. The molecule has 3 rings (SSSR count). The summed E-state index contributed by atoms with van der Waals surface area (Å²) in [7, 11) is 1.55. The highest BCUT2D eigenvalue weighted by Crippen LogP contribution is 2.53. The largest absolute Gasteiger partial charge is 0.496 e. The zero-order valence-corrected chi connectivity index (χ0v) is 10.1. The SMILES string of the molecule is COc1cc2c(cc1C1(C(=O)O)CC1)OCOC2. The van der Waals surface area contributed by atoms with Gasteiger partial charge in [0.1, 0.15) is 11.5 Å². The molecule has 0 amide bonds. The summed E-state index contributed by atoms with van der Waals surface area (Å²) in [5, 5.41) is 9.36. The van der Waals surface area contributed by atoms with E-state index in [1.807, 2.05) is 6.07 Å². The molecule has 0 spiro atoms. The van der Waals surface area contributed by atoms with Gasteiger partial charge in [-0.05, 0) is 25.0 Å². The van der Waals surface area contributed by atoms with E-state index in [0.717, 1.165) is 5.56 Å². The molecule has 96 valence electrons. The van der Waals surface area contributed by atoms with Crippen molar-refractivity contribution in [2.75, 3.05) is 13.9 Å². The summed E-state index contributed by atoms with van der Waals surface area (Å²) in [5.41, 5.74) is 0.809. The maximum absolute atomic E-state index is 11.4. The zero-order chi connectivity index (χ0) is 12.8. The number of methoxy groups -OCH3 is 1. The van der Waals surface area contributed by atoms with Gasteiger partial charge in [-0.25, -0.2) is 0 Å². The first-order valence-corrected chi connectivity index (χ1v) is 5.83. The van der Waals surface area contributed by atoms with Gasteiger partial charge in [0.25, 0.3) is 0 Å². The molecule has 1 aliphatic carbocycles. The van der Waals surface area contributed by atoms with Crippen LogP contribution in [-0.2, 0) is 21.6 Å².